The lowest BCUT2D eigenvalue weighted by Crippen LogP contribution is -2.47. The minimum Gasteiger partial charge on any atom is -0.480 e. The van der Waals surface area contributed by atoms with Crippen LogP contribution in [-0.4, -0.2) is 42.1 Å². The molecular formula is C20H28N2O5. The lowest BCUT2D eigenvalue weighted by atomic mass is 9.89. The number of amides is 2. The largest absolute Gasteiger partial charge is 0.480 e. The predicted octanol–water partition coefficient (Wildman–Crippen LogP) is 1.89. The molecule has 7 heteroatoms. The topological polar surface area (TPSA) is 105 Å². The van der Waals surface area contributed by atoms with E-state index in [-0.39, 0.29) is 30.4 Å². The van der Waals surface area contributed by atoms with E-state index in [0.29, 0.717) is 19.4 Å². The van der Waals surface area contributed by atoms with Crippen molar-refractivity contribution >= 4 is 17.8 Å². The Hall–Kier alpha value is -2.41. The molecule has 0 radical (unpaired) electrons. The molecule has 2 unspecified atom stereocenters. The number of carbonyl (C=O) groups excluding carboxylic acids is 2. The number of aliphatic carboxylic acids is 1. The Labute approximate surface area is 159 Å². The Balaban J connectivity index is 1.91. The highest BCUT2D eigenvalue weighted by Gasteiger charge is 2.33. The van der Waals surface area contributed by atoms with Gasteiger partial charge in [0.05, 0.1) is 18.6 Å². The van der Waals surface area contributed by atoms with Gasteiger partial charge in [-0.1, -0.05) is 44.2 Å². The summed E-state index contributed by atoms with van der Waals surface area (Å²) in [6.45, 7) is 4.12. The van der Waals surface area contributed by atoms with E-state index in [1.165, 1.54) is 0 Å². The monoisotopic (exact) mass is 376 g/mol. The van der Waals surface area contributed by atoms with Gasteiger partial charge in [-0.3, -0.25) is 9.59 Å². The molecule has 1 aliphatic rings. The van der Waals surface area contributed by atoms with Crippen LogP contribution >= 0.6 is 0 Å². The van der Waals surface area contributed by atoms with Crippen molar-refractivity contribution in [3.8, 4) is 0 Å². The highest BCUT2D eigenvalue weighted by atomic mass is 16.5. The van der Waals surface area contributed by atoms with Gasteiger partial charge in [-0.15, -0.1) is 0 Å². The van der Waals surface area contributed by atoms with Crippen molar-refractivity contribution in [1.82, 2.24) is 10.6 Å². The molecule has 1 heterocycles. The Morgan fingerprint density at radius 3 is 2.56 bits per heavy atom. The quantitative estimate of drug-likeness (QED) is 0.643. The third-order valence-corrected chi connectivity index (χ3v) is 4.55. The van der Waals surface area contributed by atoms with E-state index in [1.807, 2.05) is 44.2 Å². The molecule has 0 saturated carbocycles. The summed E-state index contributed by atoms with van der Waals surface area (Å²) < 4.78 is 5.81. The number of nitrogens with one attached hydrogen (secondary N) is 2. The zero-order chi connectivity index (χ0) is 19.8. The van der Waals surface area contributed by atoms with Gasteiger partial charge < -0.3 is 20.5 Å². The van der Waals surface area contributed by atoms with E-state index < -0.39 is 17.9 Å². The average Bonchev–Trinajstić information content (AvgIpc) is 2.66. The van der Waals surface area contributed by atoms with Crippen LogP contribution in [0, 0.1) is 11.8 Å². The number of carbonyl (C=O) groups is 3. The standard InChI is InChI=1S/C20H28N2O5/c1-13(2)11-16(20(25)26)22-17(23)12-21-19(24)15-9-6-10-27-18(15)14-7-4-3-5-8-14/h3-5,7-8,13,15-16,18H,6,9-12H2,1-2H3,(H,21,24)(H,22,23)(H,25,26)/t15?,16-,18?/m0/s1. The minimum absolute atomic E-state index is 0.131. The van der Waals surface area contributed by atoms with Crippen LogP contribution in [0.3, 0.4) is 0 Å². The van der Waals surface area contributed by atoms with Crippen molar-refractivity contribution in [1.29, 1.82) is 0 Å². The summed E-state index contributed by atoms with van der Waals surface area (Å²) in [5.74, 6) is -2.08. The second-order valence-electron chi connectivity index (χ2n) is 7.26. The average molecular weight is 376 g/mol. The lowest BCUT2D eigenvalue weighted by Gasteiger charge is -2.31. The Kier molecular flexibility index (Phi) is 7.79. The molecule has 3 atom stereocenters. The first-order chi connectivity index (χ1) is 12.9. The molecule has 1 aliphatic heterocycles. The summed E-state index contributed by atoms with van der Waals surface area (Å²) in [5.41, 5.74) is 0.935. The van der Waals surface area contributed by atoms with E-state index >= 15 is 0 Å². The molecule has 27 heavy (non-hydrogen) atoms. The maximum atomic E-state index is 12.6. The highest BCUT2D eigenvalue weighted by Crippen LogP contribution is 2.33. The lowest BCUT2D eigenvalue weighted by molar-refractivity contribution is -0.142. The van der Waals surface area contributed by atoms with Crippen molar-refractivity contribution in [3.63, 3.8) is 0 Å². The maximum Gasteiger partial charge on any atom is 0.326 e. The summed E-state index contributed by atoms with van der Waals surface area (Å²) in [6, 6.07) is 8.59. The first-order valence-corrected chi connectivity index (χ1v) is 9.35. The molecule has 2 rings (SSSR count). The molecule has 1 fully saturated rings. The van der Waals surface area contributed by atoms with E-state index in [0.717, 1.165) is 12.0 Å². The number of hydrogen-bond donors (Lipinski definition) is 3. The first kappa shape index (κ1) is 20.9. The molecule has 1 saturated heterocycles. The van der Waals surface area contributed by atoms with E-state index in [1.54, 1.807) is 0 Å². The Morgan fingerprint density at radius 2 is 1.93 bits per heavy atom. The van der Waals surface area contributed by atoms with Crippen molar-refractivity contribution in [3.05, 3.63) is 35.9 Å². The molecule has 3 N–H and O–H groups in total. The summed E-state index contributed by atoms with van der Waals surface area (Å²) in [4.78, 5) is 35.9. The molecule has 0 bridgehead atoms. The van der Waals surface area contributed by atoms with Crippen LogP contribution in [0.15, 0.2) is 30.3 Å². The van der Waals surface area contributed by atoms with Gasteiger partial charge >= 0.3 is 5.97 Å². The smallest absolute Gasteiger partial charge is 0.326 e. The van der Waals surface area contributed by atoms with Crippen LogP contribution in [-0.2, 0) is 19.1 Å². The van der Waals surface area contributed by atoms with Gasteiger partial charge in [0.15, 0.2) is 0 Å². The van der Waals surface area contributed by atoms with Gasteiger partial charge in [-0.25, -0.2) is 4.79 Å². The second kappa shape index (κ2) is 10.1. The summed E-state index contributed by atoms with van der Waals surface area (Å²) in [5, 5.41) is 14.3. The Bertz CT molecular complexity index is 647. The summed E-state index contributed by atoms with van der Waals surface area (Å²) >= 11 is 0. The highest BCUT2D eigenvalue weighted by molar-refractivity contribution is 5.88. The van der Waals surface area contributed by atoms with Crippen LogP contribution in [0.2, 0.25) is 0 Å². The van der Waals surface area contributed by atoms with Gasteiger partial charge in [0.1, 0.15) is 6.04 Å². The molecule has 1 aromatic rings. The van der Waals surface area contributed by atoms with Crippen LogP contribution in [0.5, 0.6) is 0 Å². The van der Waals surface area contributed by atoms with Gasteiger partial charge in [0.2, 0.25) is 11.8 Å². The zero-order valence-electron chi connectivity index (χ0n) is 15.8. The van der Waals surface area contributed by atoms with Crippen molar-refractivity contribution in [2.75, 3.05) is 13.2 Å². The van der Waals surface area contributed by atoms with E-state index in [4.69, 9.17) is 4.74 Å². The predicted molar refractivity (Wildman–Crippen MR) is 99.9 cm³/mol. The van der Waals surface area contributed by atoms with Gasteiger partial charge in [-0.2, -0.15) is 0 Å². The molecule has 148 valence electrons. The van der Waals surface area contributed by atoms with Crippen molar-refractivity contribution in [2.45, 2.75) is 45.3 Å². The third kappa shape index (κ3) is 6.36. The summed E-state index contributed by atoms with van der Waals surface area (Å²) in [6.07, 6.45) is 1.46. The van der Waals surface area contributed by atoms with Gasteiger partial charge in [0, 0.05) is 6.61 Å². The molecule has 0 aromatic heterocycles. The van der Waals surface area contributed by atoms with Crippen LogP contribution in [0.4, 0.5) is 0 Å². The Morgan fingerprint density at radius 1 is 1.22 bits per heavy atom. The van der Waals surface area contributed by atoms with Crippen LogP contribution in [0.1, 0.15) is 44.8 Å². The SMILES string of the molecule is CC(C)C[C@H](NC(=O)CNC(=O)C1CCCOC1c1ccccc1)C(=O)O. The molecule has 1 aromatic carbocycles. The minimum atomic E-state index is -1.08. The third-order valence-electron chi connectivity index (χ3n) is 4.55. The van der Waals surface area contributed by atoms with Crippen molar-refractivity contribution < 1.29 is 24.2 Å². The van der Waals surface area contributed by atoms with Crippen LogP contribution in [0.25, 0.3) is 0 Å². The van der Waals surface area contributed by atoms with Gasteiger partial charge in [0.25, 0.3) is 0 Å². The van der Waals surface area contributed by atoms with E-state index in [9.17, 15) is 19.5 Å². The fraction of sp³-hybridized carbons (Fsp3) is 0.550. The fourth-order valence-electron chi connectivity index (χ4n) is 3.26. The number of rotatable bonds is 8. The van der Waals surface area contributed by atoms with Crippen molar-refractivity contribution in [2.24, 2.45) is 11.8 Å². The normalized spacial score (nSPS) is 20.7. The summed E-state index contributed by atoms with van der Waals surface area (Å²) in [7, 11) is 0. The molecule has 0 spiro atoms. The maximum absolute atomic E-state index is 12.6. The number of carboxylic acids is 1. The van der Waals surface area contributed by atoms with E-state index in [2.05, 4.69) is 10.6 Å². The van der Waals surface area contributed by atoms with Crippen LogP contribution < -0.4 is 10.6 Å². The molecule has 2 amide bonds. The van der Waals surface area contributed by atoms with Gasteiger partial charge in [-0.05, 0) is 30.7 Å². The molecule has 0 aliphatic carbocycles. The zero-order valence-corrected chi connectivity index (χ0v) is 15.8. The number of hydrogen-bond acceptors (Lipinski definition) is 4. The number of carboxylic acid groups (broad SMARTS) is 1. The number of benzene rings is 1. The number of ether oxygens (including phenoxy) is 1. The molecular weight excluding hydrogens is 348 g/mol. The molecule has 7 nitrogen and oxygen atoms in total. The fourth-order valence-corrected chi connectivity index (χ4v) is 3.26. The first-order valence-electron chi connectivity index (χ1n) is 9.35. The second-order valence-corrected chi connectivity index (χ2v) is 7.26.